The molecule has 2 rings (SSSR count). The van der Waals surface area contributed by atoms with Gasteiger partial charge >= 0.3 is 6.09 Å². The normalized spacial score (nSPS) is 17.7. The molecule has 27 heavy (non-hydrogen) atoms. The van der Waals surface area contributed by atoms with Gasteiger partial charge in [-0.2, -0.15) is 0 Å². The Kier molecular flexibility index (Phi) is 6.78. The van der Waals surface area contributed by atoms with Crippen LogP contribution in [0.15, 0.2) is 12.4 Å². The SMILES string of the molecule is Cc1cnc(C(=O)N2CCC[C@@H](CN(C(=O)OC(C)(C)C)C(C)C)C2)cn1. The molecule has 1 saturated heterocycles. The first-order chi connectivity index (χ1) is 12.6. The number of carbonyl (C=O) groups is 2. The van der Waals surface area contributed by atoms with Gasteiger partial charge in [-0.15, -0.1) is 0 Å². The third kappa shape index (κ3) is 6.19. The molecule has 0 bridgehead atoms. The number of carbonyl (C=O) groups excluding carboxylic acids is 2. The van der Waals surface area contributed by atoms with Gasteiger partial charge in [-0.05, 0) is 60.3 Å². The molecule has 1 aromatic rings. The van der Waals surface area contributed by atoms with Crippen molar-refractivity contribution in [2.45, 2.75) is 66.0 Å². The van der Waals surface area contributed by atoms with Crippen LogP contribution >= 0.6 is 0 Å². The highest BCUT2D eigenvalue weighted by Gasteiger charge is 2.30. The first-order valence-corrected chi connectivity index (χ1v) is 9.64. The number of nitrogens with zero attached hydrogens (tertiary/aromatic N) is 4. The van der Waals surface area contributed by atoms with Crippen molar-refractivity contribution in [2.75, 3.05) is 19.6 Å². The summed E-state index contributed by atoms with van der Waals surface area (Å²) < 4.78 is 5.55. The van der Waals surface area contributed by atoms with Gasteiger partial charge in [0.15, 0.2) is 0 Å². The molecule has 0 radical (unpaired) electrons. The van der Waals surface area contributed by atoms with Crippen LogP contribution in [-0.2, 0) is 4.74 Å². The highest BCUT2D eigenvalue weighted by molar-refractivity contribution is 5.92. The molecular weight excluding hydrogens is 344 g/mol. The van der Waals surface area contributed by atoms with Crippen molar-refractivity contribution in [3.05, 3.63) is 23.8 Å². The third-order valence-corrected chi connectivity index (χ3v) is 4.51. The lowest BCUT2D eigenvalue weighted by Crippen LogP contribution is -2.48. The second-order valence-electron chi connectivity index (χ2n) is 8.53. The summed E-state index contributed by atoms with van der Waals surface area (Å²) in [5.74, 6) is 0.122. The summed E-state index contributed by atoms with van der Waals surface area (Å²) in [5.41, 5.74) is 0.630. The number of rotatable bonds is 4. The van der Waals surface area contributed by atoms with Crippen LogP contribution in [0.5, 0.6) is 0 Å². The Bertz CT molecular complexity index is 652. The topological polar surface area (TPSA) is 75.6 Å². The molecule has 0 unspecified atom stereocenters. The Morgan fingerprint density at radius 3 is 2.56 bits per heavy atom. The Hall–Kier alpha value is -2.18. The molecule has 0 aromatic carbocycles. The smallest absolute Gasteiger partial charge is 0.410 e. The minimum absolute atomic E-state index is 0.0360. The Morgan fingerprint density at radius 2 is 2.00 bits per heavy atom. The quantitative estimate of drug-likeness (QED) is 0.806. The van der Waals surface area contributed by atoms with E-state index in [1.807, 2.05) is 46.4 Å². The average Bonchev–Trinajstić information content (AvgIpc) is 2.58. The maximum Gasteiger partial charge on any atom is 0.410 e. The zero-order valence-corrected chi connectivity index (χ0v) is 17.4. The van der Waals surface area contributed by atoms with Crippen LogP contribution in [-0.4, -0.2) is 63.0 Å². The van der Waals surface area contributed by atoms with Gasteiger partial charge in [-0.3, -0.25) is 9.78 Å². The Balaban J connectivity index is 2.02. The van der Waals surface area contributed by atoms with E-state index in [9.17, 15) is 9.59 Å². The van der Waals surface area contributed by atoms with Gasteiger partial charge in [-0.1, -0.05) is 0 Å². The third-order valence-electron chi connectivity index (χ3n) is 4.51. The molecule has 7 nitrogen and oxygen atoms in total. The molecule has 1 fully saturated rings. The highest BCUT2D eigenvalue weighted by Crippen LogP contribution is 2.21. The van der Waals surface area contributed by atoms with Gasteiger partial charge in [-0.25, -0.2) is 9.78 Å². The van der Waals surface area contributed by atoms with E-state index < -0.39 is 5.60 Å². The lowest BCUT2D eigenvalue weighted by atomic mass is 9.96. The Morgan fingerprint density at radius 1 is 1.30 bits per heavy atom. The molecule has 2 amide bonds. The summed E-state index contributed by atoms with van der Waals surface area (Å²) in [6.07, 6.45) is 4.73. The van der Waals surface area contributed by atoms with E-state index in [1.54, 1.807) is 11.1 Å². The van der Waals surface area contributed by atoms with Crippen molar-refractivity contribution >= 4 is 12.0 Å². The van der Waals surface area contributed by atoms with Crippen molar-refractivity contribution < 1.29 is 14.3 Å². The fraction of sp³-hybridized carbons (Fsp3) is 0.700. The number of aromatic nitrogens is 2. The second-order valence-corrected chi connectivity index (χ2v) is 8.53. The number of hydrogen-bond acceptors (Lipinski definition) is 5. The summed E-state index contributed by atoms with van der Waals surface area (Å²) in [7, 11) is 0. The minimum Gasteiger partial charge on any atom is -0.444 e. The number of amides is 2. The van der Waals surface area contributed by atoms with E-state index in [0.29, 0.717) is 25.3 Å². The minimum atomic E-state index is -0.525. The molecule has 150 valence electrons. The zero-order valence-electron chi connectivity index (χ0n) is 17.4. The number of likely N-dealkylation sites (tertiary alicyclic amines) is 1. The first kappa shape index (κ1) is 21.1. The van der Waals surface area contributed by atoms with Crippen LogP contribution in [0.1, 0.15) is 63.6 Å². The van der Waals surface area contributed by atoms with E-state index in [-0.39, 0.29) is 24.0 Å². The lowest BCUT2D eigenvalue weighted by Gasteiger charge is -2.37. The Labute approximate surface area is 162 Å². The van der Waals surface area contributed by atoms with Crippen LogP contribution in [0.3, 0.4) is 0 Å². The monoisotopic (exact) mass is 376 g/mol. The van der Waals surface area contributed by atoms with Crippen LogP contribution in [0.2, 0.25) is 0 Å². The maximum absolute atomic E-state index is 12.7. The van der Waals surface area contributed by atoms with Crippen LogP contribution in [0.25, 0.3) is 0 Å². The average molecular weight is 377 g/mol. The molecule has 1 atom stereocenters. The number of ether oxygens (including phenoxy) is 1. The molecule has 0 N–H and O–H groups in total. The standard InChI is InChI=1S/C20H32N4O3/c1-14(2)24(19(26)27-20(4,5)6)13-16-8-7-9-23(12-16)18(25)17-11-21-15(3)10-22-17/h10-11,14,16H,7-9,12-13H2,1-6H3/t16-/m1/s1. The summed E-state index contributed by atoms with van der Waals surface area (Å²) in [5, 5.41) is 0. The molecule has 2 heterocycles. The van der Waals surface area contributed by atoms with Crippen molar-refractivity contribution in [3.8, 4) is 0 Å². The summed E-state index contributed by atoms with van der Waals surface area (Å²) >= 11 is 0. The van der Waals surface area contributed by atoms with Gasteiger partial charge in [0.1, 0.15) is 11.3 Å². The van der Waals surface area contributed by atoms with Crippen molar-refractivity contribution in [1.29, 1.82) is 0 Å². The number of aryl methyl sites for hydroxylation is 1. The molecule has 0 saturated carbocycles. The van der Waals surface area contributed by atoms with Crippen molar-refractivity contribution in [3.63, 3.8) is 0 Å². The first-order valence-electron chi connectivity index (χ1n) is 9.64. The van der Waals surface area contributed by atoms with E-state index in [2.05, 4.69) is 9.97 Å². The molecule has 1 aliphatic rings. The van der Waals surface area contributed by atoms with E-state index >= 15 is 0 Å². The number of hydrogen-bond donors (Lipinski definition) is 0. The molecule has 7 heteroatoms. The summed E-state index contributed by atoms with van der Waals surface area (Å²) in [4.78, 5) is 37.2. The molecule has 0 spiro atoms. The van der Waals surface area contributed by atoms with E-state index in [1.165, 1.54) is 6.20 Å². The van der Waals surface area contributed by atoms with Gasteiger partial charge in [0.25, 0.3) is 5.91 Å². The molecule has 1 aliphatic heterocycles. The van der Waals surface area contributed by atoms with E-state index in [4.69, 9.17) is 4.74 Å². The van der Waals surface area contributed by atoms with Crippen LogP contribution < -0.4 is 0 Å². The number of piperidine rings is 1. The zero-order chi connectivity index (χ0) is 20.2. The highest BCUT2D eigenvalue weighted by atomic mass is 16.6. The molecular formula is C20H32N4O3. The second kappa shape index (κ2) is 8.67. The predicted octanol–water partition coefficient (Wildman–Crippen LogP) is 3.28. The molecule has 1 aromatic heterocycles. The van der Waals surface area contributed by atoms with Gasteiger partial charge in [0.2, 0.25) is 0 Å². The van der Waals surface area contributed by atoms with Gasteiger partial charge in [0.05, 0.1) is 11.9 Å². The lowest BCUT2D eigenvalue weighted by molar-refractivity contribution is 0.0123. The van der Waals surface area contributed by atoms with Gasteiger partial charge in [0, 0.05) is 31.9 Å². The fourth-order valence-electron chi connectivity index (χ4n) is 3.16. The van der Waals surface area contributed by atoms with Crippen LogP contribution in [0.4, 0.5) is 4.79 Å². The summed E-state index contributed by atoms with van der Waals surface area (Å²) in [6, 6.07) is 0.0360. The predicted molar refractivity (Wildman–Crippen MR) is 103 cm³/mol. The largest absolute Gasteiger partial charge is 0.444 e. The fourth-order valence-corrected chi connectivity index (χ4v) is 3.16. The maximum atomic E-state index is 12.7. The van der Waals surface area contributed by atoms with Crippen molar-refractivity contribution in [2.24, 2.45) is 5.92 Å². The van der Waals surface area contributed by atoms with Gasteiger partial charge < -0.3 is 14.5 Å². The van der Waals surface area contributed by atoms with Crippen molar-refractivity contribution in [1.82, 2.24) is 19.8 Å². The van der Waals surface area contributed by atoms with Crippen LogP contribution in [0, 0.1) is 12.8 Å². The summed E-state index contributed by atoms with van der Waals surface area (Å²) in [6.45, 7) is 13.3. The molecule has 0 aliphatic carbocycles. The van der Waals surface area contributed by atoms with E-state index in [0.717, 1.165) is 18.5 Å².